The normalized spacial score (nSPS) is 14.9. The van der Waals surface area contributed by atoms with E-state index in [1.54, 1.807) is 6.20 Å². The van der Waals surface area contributed by atoms with Gasteiger partial charge in [0.15, 0.2) is 5.82 Å². The van der Waals surface area contributed by atoms with Crippen LogP contribution in [0.3, 0.4) is 0 Å². The average Bonchev–Trinajstić information content (AvgIpc) is 3.05. The molecule has 96 valence electrons. The highest BCUT2D eigenvalue weighted by Gasteiger charge is 2.21. The Morgan fingerprint density at radius 3 is 3.21 bits per heavy atom. The second kappa shape index (κ2) is 4.19. The monoisotopic (exact) mass is 366 g/mol. The van der Waals surface area contributed by atoms with Gasteiger partial charge in [0.2, 0.25) is 0 Å². The van der Waals surface area contributed by atoms with Gasteiger partial charge in [-0.15, -0.1) is 0 Å². The SMILES string of the molecule is Ic1cnn2ccnc(N3CCc4[nH]ncc4C3)c12. The second-order valence-electron chi connectivity index (χ2n) is 4.58. The predicted octanol–water partition coefficient (Wildman–Crippen LogP) is 1.62. The number of rotatable bonds is 1. The van der Waals surface area contributed by atoms with E-state index in [9.17, 15) is 0 Å². The third-order valence-electron chi connectivity index (χ3n) is 3.47. The van der Waals surface area contributed by atoms with E-state index in [-0.39, 0.29) is 0 Å². The Kier molecular flexibility index (Phi) is 2.47. The molecule has 3 aromatic rings. The minimum absolute atomic E-state index is 0.847. The first kappa shape index (κ1) is 11.2. The highest BCUT2D eigenvalue weighted by molar-refractivity contribution is 14.1. The molecule has 0 unspecified atom stereocenters. The summed E-state index contributed by atoms with van der Waals surface area (Å²) in [6.07, 6.45) is 8.44. The molecule has 4 heterocycles. The predicted molar refractivity (Wildman–Crippen MR) is 79.0 cm³/mol. The summed E-state index contributed by atoms with van der Waals surface area (Å²) in [5.41, 5.74) is 3.58. The molecule has 0 aliphatic carbocycles. The summed E-state index contributed by atoms with van der Waals surface area (Å²) in [5.74, 6) is 0.997. The van der Waals surface area contributed by atoms with Crippen molar-refractivity contribution < 1.29 is 0 Å². The number of H-pyrrole nitrogens is 1. The summed E-state index contributed by atoms with van der Waals surface area (Å²) in [5, 5.41) is 11.5. The van der Waals surface area contributed by atoms with E-state index in [0.717, 1.165) is 34.4 Å². The highest BCUT2D eigenvalue weighted by Crippen LogP contribution is 2.27. The van der Waals surface area contributed by atoms with Crippen molar-refractivity contribution in [2.75, 3.05) is 11.4 Å². The largest absolute Gasteiger partial charge is 0.350 e. The van der Waals surface area contributed by atoms with Crippen molar-refractivity contribution in [1.29, 1.82) is 0 Å². The van der Waals surface area contributed by atoms with E-state index in [0.29, 0.717) is 0 Å². The Morgan fingerprint density at radius 2 is 2.26 bits per heavy atom. The van der Waals surface area contributed by atoms with Gasteiger partial charge < -0.3 is 4.90 Å². The van der Waals surface area contributed by atoms with E-state index in [2.05, 4.69) is 47.8 Å². The van der Waals surface area contributed by atoms with Gasteiger partial charge in [-0.05, 0) is 22.6 Å². The summed E-state index contributed by atoms with van der Waals surface area (Å²) in [4.78, 5) is 6.84. The molecular formula is C12H11IN6. The number of halogens is 1. The van der Waals surface area contributed by atoms with Crippen molar-refractivity contribution in [3.05, 3.63) is 39.6 Å². The van der Waals surface area contributed by atoms with Crippen LogP contribution < -0.4 is 4.90 Å². The lowest BCUT2D eigenvalue weighted by Gasteiger charge is -2.27. The number of nitrogens with zero attached hydrogens (tertiary/aromatic N) is 5. The molecule has 7 heteroatoms. The second-order valence-corrected chi connectivity index (χ2v) is 5.74. The summed E-state index contributed by atoms with van der Waals surface area (Å²) >= 11 is 2.31. The molecule has 0 atom stereocenters. The van der Waals surface area contributed by atoms with Gasteiger partial charge in [0, 0.05) is 43.2 Å². The Hall–Kier alpha value is -1.64. The van der Waals surface area contributed by atoms with Crippen LogP contribution >= 0.6 is 22.6 Å². The quantitative estimate of drug-likeness (QED) is 0.665. The van der Waals surface area contributed by atoms with E-state index < -0.39 is 0 Å². The van der Waals surface area contributed by atoms with Crippen molar-refractivity contribution >= 4 is 33.9 Å². The van der Waals surface area contributed by atoms with Gasteiger partial charge in [0.05, 0.1) is 16.0 Å². The van der Waals surface area contributed by atoms with E-state index in [1.165, 1.54) is 11.3 Å². The maximum Gasteiger partial charge on any atom is 0.156 e. The standard InChI is InChI=1S/C12H11IN6/c13-9-6-16-19-4-2-14-12(11(9)19)18-3-1-10-8(7-18)5-15-17-10/h2,4-6H,1,3,7H2,(H,15,17). The van der Waals surface area contributed by atoms with Crippen molar-refractivity contribution in [2.45, 2.75) is 13.0 Å². The number of aromatic amines is 1. The summed E-state index contributed by atoms with van der Waals surface area (Å²) in [7, 11) is 0. The molecule has 1 aliphatic heterocycles. The topological polar surface area (TPSA) is 62.1 Å². The first-order valence-corrected chi connectivity index (χ1v) is 7.15. The molecule has 4 rings (SSSR count). The zero-order valence-electron chi connectivity index (χ0n) is 10.0. The lowest BCUT2D eigenvalue weighted by atomic mass is 10.1. The smallest absolute Gasteiger partial charge is 0.156 e. The average molecular weight is 366 g/mol. The molecule has 6 nitrogen and oxygen atoms in total. The van der Waals surface area contributed by atoms with Crippen LogP contribution in [-0.4, -0.2) is 31.3 Å². The molecule has 0 spiro atoms. The first-order valence-electron chi connectivity index (χ1n) is 6.07. The molecule has 0 amide bonds. The number of anilines is 1. The third kappa shape index (κ3) is 1.71. The lowest BCUT2D eigenvalue weighted by molar-refractivity contribution is 0.710. The van der Waals surface area contributed by atoms with E-state index in [1.807, 2.05) is 23.1 Å². The van der Waals surface area contributed by atoms with Crippen LogP contribution in [0.25, 0.3) is 5.52 Å². The lowest BCUT2D eigenvalue weighted by Crippen LogP contribution is -2.31. The van der Waals surface area contributed by atoms with Gasteiger partial charge in [0.25, 0.3) is 0 Å². The van der Waals surface area contributed by atoms with E-state index in [4.69, 9.17) is 0 Å². The van der Waals surface area contributed by atoms with Crippen LogP contribution in [0.1, 0.15) is 11.3 Å². The van der Waals surface area contributed by atoms with Gasteiger partial charge in [-0.2, -0.15) is 10.2 Å². The Balaban J connectivity index is 1.81. The van der Waals surface area contributed by atoms with Crippen LogP contribution in [0.4, 0.5) is 5.82 Å². The van der Waals surface area contributed by atoms with Crippen molar-refractivity contribution in [3.63, 3.8) is 0 Å². The molecule has 0 bridgehead atoms. The molecule has 19 heavy (non-hydrogen) atoms. The molecule has 1 aliphatic rings. The molecule has 0 radical (unpaired) electrons. The van der Waals surface area contributed by atoms with Crippen LogP contribution in [0, 0.1) is 3.57 Å². The fourth-order valence-electron chi connectivity index (χ4n) is 2.53. The molecular weight excluding hydrogens is 355 g/mol. The summed E-state index contributed by atoms with van der Waals surface area (Å²) in [6.45, 7) is 1.79. The Bertz CT molecular complexity index is 746. The van der Waals surface area contributed by atoms with E-state index >= 15 is 0 Å². The summed E-state index contributed by atoms with van der Waals surface area (Å²) < 4.78 is 3.01. The Labute approximate surface area is 123 Å². The molecule has 0 saturated carbocycles. The minimum atomic E-state index is 0.847. The minimum Gasteiger partial charge on any atom is -0.350 e. The van der Waals surface area contributed by atoms with Crippen LogP contribution in [0.15, 0.2) is 24.8 Å². The fourth-order valence-corrected chi connectivity index (χ4v) is 3.14. The fraction of sp³-hybridized carbons (Fsp3) is 0.250. The maximum absolute atomic E-state index is 4.55. The number of hydrogen-bond acceptors (Lipinski definition) is 4. The van der Waals surface area contributed by atoms with Gasteiger partial charge in [-0.3, -0.25) is 5.10 Å². The molecule has 0 saturated heterocycles. The number of fused-ring (bicyclic) bond motifs is 2. The molecule has 1 N–H and O–H groups in total. The van der Waals surface area contributed by atoms with Crippen LogP contribution in [0.5, 0.6) is 0 Å². The molecule has 0 fully saturated rings. The Morgan fingerprint density at radius 1 is 1.32 bits per heavy atom. The van der Waals surface area contributed by atoms with Gasteiger partial charge >= 0.3 is 0 Å². The number of aromatic nitrogens is 5. The maximum atomic E-state index is 4.55. The third-order valence-corrected chi connectivity index (χ3v) is 4.26. The number of nitrogens with one attached hydrogen (secondary N) is 1. The van der Waals surface area contributed by atoms with Gasteiger partial charge in [-0.1, -0.05) is 0 Å². The van der Waals surface area contributed by atoms with Crippen molar-refractivity contribution in [1.82, 2.24) is 24.8 Å². The number of hydrogen-bond donors (Lipinski definition) is 1. The zero-order valence-corrected chi connectivity index (χ0v) is 12.2. The first-order chi connectivity index (χ1) is 9.33. The van der Waals surface area contributed by atoms with Gasteiger partial charge in [-0.25, -0.2) is 9.50 Å². The van der Waals surface area contributed by atoms with Crippen molar-refractivity contribution in [3.8, 4) is 0 Å². The van der Waals surface area contributed by atoms with Crippen LogP contribution in [0.2, 0.25) is 0 Å². The van der Waals surface area contributed by atoms with Crippen LogP contribution in [-0.2, 0) is 13.0 Å². The summed E-state index contributed by atoms with van der Waals surface area (Å²) in [6, 6.07) is 0. The van der Waals surface area contributed by atoms with Crippen molar-refractivity contribution in [2.24, 2.45) is 0 Å². The van der Waals surface area contributed by atoms with Gasteiger partial charge in [0.1, 0.15) is 5.52 Å². The molecule has 3 aromatic heterocycles. The molecule has 0 aromatic carbocycles. The highest BCUT2D eigenvalue weighted by atomic mass is 127. The zero-order chi connectivity index (χ0) is 12.8.